The summed E-state index contributed by atoms with van der Waals surface area (Å²) in [5.41, 5.74) is 5.05. The summed E-state index contributed by atoms with van der Waals surface area (Å²) >= 11 is 3.10. The van der Waals surface area contributed by atoms with Gasteiger partial charge >= 0.3 is 6.18 Å². The average molecular weight is 367 g/mol. The first-order valence-corrected chi connectivity index (χ1v) is 7.63. The SMILES string of the molecule is Nc1c(CNC2CCC(O)CC2)cc(Br)cc1C(F)(F)F. The number of alkyl halides is 3. The number of aliphatic hydroxyl groups excluding tert-OH is 1. The van der Waals surface area contributed by atoms with Gasteiger partial charge in [0.2, 0.25) is 0 Å². The van der Waals surface area contributed by atoms with Gasteiger partial charge in [-0.2, -0.15) is 13.2 Å². The van der Waals surface area contributed by atoms with Crippen LogP contribution in [0.2, 0.25) is 0 Å². The van der Waals surface area contributed by atoms with E-state index >= 15 is 0 Å². The highest BCUT2D eigenvalue weighted by Gasteiger charge is 2.34. The van der Waals surface area contributed by atoms with Crippen LogP contribution >= 0.6 is 15.9 Å². The zero-order chi connectivity index (χ0) is 15.6. The van der Waals surface area contributed by atoms with E-state index in [9.17, 15) is 18.3 Å². The highest BCUT2D eigenvalue weighted by atomic mass is 79.9. The lowest BCUT2D eigenvalue weighted by molar-refractivity contribution is -0.137. The molecule has 3 nitrogen and oxygen atoms in total. The molecule has 0 atom stereocenters. The van der Waals surface area contributed by atoms with Crippen molar-refractivity contribution in [2.24, 2.45) is 0 Å². The van der Waals surface area contributed by atoms with Gasteiger partial charge in [0.1, 0.15) is 0 Å². The van der Waals surface area contributed by atoms with E-state index < -0.39 is 11.7 Å². The molecule has 0 radical (unpaired) electrons. The lowest BCUT2D eigenvalue weighted by Crippen LogP contribution is -2.34. The van der Waals surface area contributed by atoms with Crippen LogP contribution in [0.25, 0.3) is 0 Å². The lowest BCUT2D eigenvalue weighted by atomic mass is 9.93. The first-order chi connectivity index (χ1) is 9.77. The van der Waals surface area contributed by atoms with Gasteiger partial charge in [0, 0.05) is 22.7 Å². The summed E-state index contributed by atoms with van der Waals surface area (Å²) in [5.74, 6) is 0. The summed E-state index contributed by atoms with van der Waals surface area (Å²) in [6.07, 6.45) is -1.63. The summed E-state index contributed by atoms with van der Waals surface area (Å²) in [4.78, 5) is 0. The third-order valence-electron chi connectivity index (χ3n) is 3.81. The Kier molecular flexibility index (Phi) is 5.16. The number of anilines is 1. The predicted molar refractivity (Wildman–Crippen MR) is 78.7 cm³/mol. The maximum Gasteiger partial charge on any atom is 0.418 e. The van der Waals surface area contributed by atoms with Crippen LogP contribution in [0.15, 0.2) is 16.6 Å². The van der Waals surface area contributed by atoms with Gasteiger partial charge in [-0.1, -0.05) is 15.9 Å². The van der Waals surface area contributed by atoms with Gasteiger partial charge in [-0.3, -0.25) is 0 Å². The molecular weight excluding hydrogens is 349 g/mol. The van der Waals surface area contributed by atoms with Gasteiger partial charge in [-0.25, -0.2) is 0 Å². The number of benzene rings is 1. The van der Waals surface area contributed by atoms with Crippen LogP contribution in [0.1, 0.15) is 36.8 Å². The van der Waals surface area contributed by atoms with E-state index in [0.717, 1.165) is 31.7 Å². The van der Waals surface area contributed by atoms with Gasteiger partial charge in [-0.15, -0.1) is 0 Å². The zero-order valence-corrected chi connectivity index (χ0v) is 13.0. The fourth-order valence-electron chi connectivity index (χ4n) is 2.59. The third kappa shape index (κ3) is 4.34. The van der Waals surface area contributed by atoms with Crippen LogP contribution in [0.3, 0.4) is 0 Å². The van der Waals surface area contributed by atoms with E-state index in [0.29, 0.717) is 10.0 Å². The molecule has 0 aromatic heterocycles. The Morgan fingerprint density at radius 3 is 2.43 bits per heavy atom. The number of nitrogen functional groups attached to an aromatic ring is 1. The summed E-state index contributed by atoms with van der Waals surface area (Å²) in [7, 11) is 0. The van der Waals surface area contributed by atoms with Crippen molar-refractivity contribution < 1.29 is 18.3 Å². The van der Waals surface area contributed by atoms with Crippen molar-refractivity contribution in [3.05, 3.63) is 27.7 Å². The fraction of sp³-hybridized carbons (Fsp3) is 0.571. The minimum Gasteiger partial charge on any atom is -0.398 e. The third-order valence-corrected chi connectivity index (χ3v) is 4.27. The molecule has 21 heavy (non-hydrogen) atoms. The number of nitrogens with one attached hydrogen (secondary N) is 1. The highest BCUT2D eigenvalue weighted by Crippen LogP contribution is 2.37. The van der Waals surface area contributed by atoms with Crippen molar-refractivity contribution in [2.75, 3.05) is 5.73 Å². The maximum atomic E-state index is 12.9. The van der Waals surface area contributed by atoms with Crippen LogP contribution < -0.4 is 11.1 Å². The maximum absolute atomic E-state index is 12.9. The van der Waals surface area contributed by atoms with Crippen LogP contribution in [-0.4, -0.2) is 17.3 Å². The van der Waals surface area contributed by atoms with Crippen LogP contribution in [-0.2, 0) is 12.7 Å². The van der Waals surface area contributed by atoms with E-state index in [4.69, 9.17) is 5.73 Å². The van der Waals surface area contributed by atoms with Gasteiger partial charge in [0.25, 0.3) is 0 Å². The molecule has 4 N–H and O–H groups in total. The first-order valence-electron chi connectivity index (χ1n) is 6.84. The van der Waals surface area contributed by atoms with Gasteiger partial charge in [0.15, 0.2) is 0 Å². The Morgan fingerprint density at radius 2 is 1.86 bits per heavy atom. The Morgan fingerprint density at radius 1 is 1.24 bits per heavy atom. The Bertz CT molecular complexity index is 500. The minimum atomic E-state index is -4.46. The minimum absolute atomic E-state index is 0.209. The number of rotatable bonds is 3. The Hall–Kier alpha value is -0.790. The van der Waals surface area contributed by atoms with Gasteiger partial charge < -0.3 is 16.2 Å². The smallest absolute Gasteiger partial charge is 0.398 e. The second-order valence-electron chi connectivity index (χ2n) is 5.41. The number of halogens is 4. The molecule has 1 saturated carbocycles. The Balaban J connectivity index is 2.08. The molecule has 7 heteroatoms. The van der Waals surface area contributed by atoms with E-state index in [-0.39, 0.29) is 24.4 Å². The number of nitrogens with two attached hydrogens (primary N) is 1. The quantitative estimate of drug-likeness (QED) is 0.718. The highest BCUT2D eigenvalue weighted by molar-refractivity contribution is 9.10. The van der Waals surface area contributed by atoms with E-state index in [1.165, 1.54) is 0 Å². The molecule has 0 spiro atoms. The van der Waals surface area contributed by atoms with Crippen molar-refractivity contribution >= 4 is 21.6 Å². The Labute approximate surface area is 129 Å². The van der Waals surface area contributed by atoms with Gasteiger partial charge in [-0.05, 0) is 43.4 Å². The summed E-state index contributed by atoms with van der Waals surface area (Å²) < 4.78 is 39.1. The van der Waals surface area contributed by atoms with Crippen molar-refractivity contribution in [1.82, 2.24) is 5.32 Å². The van der Waals surface area contributed by atoms with Gasteiger partial charge in [0.05, 0.1) is 11.7 Å². The molecule has 0 saturated heterocycles. The van der Waals surface area contributed by atoms with Crippen LogP contribution in [0, 0.1) is 0 Å². The second-order valence-corrected chi connectivity index (χ2v) is 6.33. The molecule has 0 aliphatic heterocycles. The fourth-order valence-corrected chi connectivity index (χ4v) is 3.09. The molecular formula is C14H18BrF3N2O. The van der Waals surface area contributed by atoms with E-state index in [1.54, 1.807) is 6.07 Å². The normalized spacial score (nSPS) is 23.3. The molecule has 1 aromatic carbocycles. The monoisotopic (exact) mass is 366 g/mol. The molecule has 1 aromatic rings. The molecule has 118 valence electrons. The van der Waals surface area contributed by atoms with E-state index in [1.807, 2.05) is 0 Å². The van der Waals surface area contributed by atoms with E-state index in [2.05, 4.69) is 21.2 Å². The zero-order valence-electron chi connectivity index (χ0n) is 11.4. The van der Waals surface area contributed by atoms with Crippen LogP contribution in [0.5, 0.6) is 0 Å². The van der Waals surface area contributed by atoms with Crippen molar-refractivity contribution in [2.45, 2.75) is 50.6 Å². The average Bonchev–Trinajstić information content (AvgIpc) is 2.40. The lowest BCUT2D eigenvalue weighted by Gasteiger charge is -2.26. The molecule has 0 amide bonds. The molecule has 0 unspecified atom stereocenters. The summed E-state index contributed by atoms with van der Waals surface area (Å²) in [5, 5.41) is 12.7. The number of hydrogen-bond acceptors (Lipinski definition) is 3. The topological polar surface area (TPSA) is 58.3 Å². The largest absolute Gasteiger partial charge is 0.418 e. The standard InChI is InChI=1S/C14H18BrF3N2O/c15-9-5-8(13(19)12(6-9)14(16,17)18)7-20-10-1-3-11(21)4-2-10/h5-6,10-11,20-21H,1-4,7,19H2. The van der Waals surface area contributed by atoms with Crippen molar-refractivity contribution in [3.8, 4) is 0 Å². The van der Waals surface area contributed by atoms with Crippen molar-refractivity contribution in [3.63, 3.8) is 0 Å². The molecule has 1 aliphatic rings. The first kappa shape index (κ1) is 16.6. The van der Waals surface area contributed by atoms with Crippen molar-refractivity contribution in [1.29, 1.82) is 0 Å². The number of hydrogen-bond donors (Lipinski definition) is 3. The molecule has 2 rings (SSSR count). The molecule has 1 fully saturated rings. The molecule has 1 aliphatic carbocycles. The summed E-state index contributed by atoms with van der Waals surface area (Å²) in [6, 6.07) is 2.81. The number of aliphatic hydroxyl groups is 1. The second kappa shape index (κ2) is 6.54. The van der Waals surface area contributed by atoms with Crippen LogP contribution in [0.4, 0.5) is 18.9 Å². The molecule has 0 bridgehead atoms. The summed E-state index contributed by atoms with van der Waals surface area (Å²) in [6.45, 7) is 0.287. The predicted octanol–water partition coefficient (Wildman–Crippen LogP) is 3.44. The molecule has 0 heterocycles.